The molecular weight excluding hydrogens is 342 g/mol. The Morgan fingerprint density at radius 1 is 0.960 bits per heavy atom. The van der Waals surface area contributed by atoms with Crippen molar-refractivity contribution < 1.29 is 23.1 Å². The number of β-amino-alcohol motifs (C(OH)–C–C–N with tert-alkyl or cyclic N) is 1. The van der Waals surface area contributed by atoms with Crippen LogP contribution in [0.5, 0.6) is 0 Å². The summed E-state index contributed by atoms with van der Waals surface area (Å²) in [5, 5.41) is 10.2. The summed E-state index contributed by atoms with van der Waals surface area (Å²) in [6, 6.07) is 12.6. The lowest BCUT2D eigenvalue weighted by molar-refractivity contribution is 0.0565. The van der Waals surface area contributed by atoms with Crippen LogP contribution in [0, 0.1) is 6.92 Å². The molecule has 2 aromatic rings. The van der Waals surface area contributed by atoms with E-state index in [2.05, 4.69) is 0 Å². The molecule has 1 N–H and O–H groups in total. The minimum Gasteiger partial charge on any atom is -0.390 e. The minimum atomic E-state index is -3.72. The Morgan fingerprint density at radius 3 is 2.00 bits per heavy atom. The van der Waals surface area contributed by atoms with Crippen LogP contribution in [-0.4, -0.2) is 48.6 Å². The molecule has 0 aromatic heterocycles. The van der Waals surface area contributed by atoms with Gasteiger partial charge in [-0.2, -0.15) is 0 Å². The Labute approximate surface area is 145 Å². The number of rotatable bonds is 5. The molecule has 0 radical (unpaired) electrons. The second kappa shape index (κ2) is 6.42. The summed E-state index contributed by atoms with van der Waals surface area (Å²) in [6.07, 6.45) is -1.37. The SMILES string of the molecule is Cc1ccc(S(=O)(=O)CC(O)CN2C(=O)c3ccccc3C2=O)cc1. The highest BCUT2D eigenvalue weighted by molar-refractivity contribution is 7.91. The van der Waals surface area contributed by atoms with Gasteiger partial charge in [-0.05, 0) is 31.2 Å². The zero-order valence-corrected chi connectivity index (χ0v) is 14.4. The normalized spacial score (nSPS) is 15.4. The fourth-order valence-corrected chi connectivity index (χ4v) is 4.12. The van der Waals surface area contributed by atoms with Crippen molar-refractivity contribution >= 4 is 21.7 Å². The summed E-state index contributed by atoms with van der Waals surface area (Å²) in [5.41, 5.74) is 1.45. The van der Waals surface area contributed by atoms with Crippen LogP contribution in [0.3, 0.4) is 0 Å². The number of benzene rings is 2. The van der Waals surface area contributed by atoms with Crippen LogP contribution in [0.1, 0.15) is 26.3 Å². The second-order valence-electron chi connectivity index (χ2n) is 6.01. The molecule has 25 heavy (non-hydrogen) atoms. The van der Waals surface area contributed by atoms with Gasteiger partial charge in [-0.15, -0.1) is 0 Å². The first-order chi connectivity index (χ1) is 11.8. The fraction of sp³-hybridized carbons (Fsp3) is 0.222. The lowest BCUT2D eigenvalue weighted by Crippen LogP contribution is -2.39. The van der Waals surface area contributed by atoms with E-state index < -0.39 is 33.5 Å². The van der Waals surface area contributed by atoms with Crippen molar-refractivity contribution in [2.24, 2.45) is 0 Å². The Kier molecular flexibility index (Phi) is 4.45. The topological polar surface area (TPSA) is 91.8 Å². The molecule has 6 nitrogen and oxygen atoms in total. The van der Waals surface area contributed by atoms with E-state index in [1.807, 2.05) is 6.92 Å². The number of aliphatic hydroxyl groups excluding tert-OH is 1. The van der Waals surface area contributed by atoms with Crippen molar-refractivity contribution in [1.82, 2.24) is 4.90 Å². The fourth-order valence-electron chi connectivity index (χ4n) is 2.76. The lowest BCUT2D eigenvalue weighted by atomic mass is 10.1. The third-order valence-electron chi connectivity index (χ3n) is 4.06. The third kappa shape index (κ3) is 3.33. The molecule has 2 amide bonds. The summed E-state index contributed by atoms with van der Waals surface area (Å²) in [4.78, 5) is 25.5. The van der Waals surface area contributed by atoms with Gasteiger partial charge >= 0.3 is 0 Å². The quantitative estimate of drug-likeness (QED) is 0.816. The molecule has 1 aliphatic rings. The number of amides is 2. The number of hydrogen-bond donors (Lipinski definition) is 1. The molecule has 0 saturated heterocycles. The van der Waals surface area contributed by atoms with Crippen molar-refractivity contribution in [3.8, 4) is 0 Å². The number of aryl methyl sites for hydroxylation is 1. The zero-order chi connectivity index (χ0) is 18.2. The molecule has 0 spiro atoms. The van der Waals surface area contributed by atoms with Crippen molar-refractivity contribution in [2.45, 2.75) is 17.9 Å². The maximum absolute atomic E-state index is 12.4. The van der Waals surface area contributed by atoms with Crippen LogP contribution in [0.25, 0.3) is 0 Å². The Hall–Kier alpha value is -2.51. The summed E-state index contributed by atoms with van der Waals surface area (Å²) in [5.74, 6) is -1.61. The van der Waals surface area contributed by atoms with Crippen molar-refractivity contribution in [3.05, 3.63) is 65.2 Å². The van der Waals surface area contributed by atoms with Gasteiger partial charge in [0.1, 0.15) is 0 Å². The highest BCUT2D eigenvalue weighted by Gasteiger charge is 2.36. The van der Waals surface area contributed by atoms with Gasteiger partial charge in [-0.3, -0.25) is 14.5 Å². The summed E-state index contributed by atoms with van der Waals surface area (Å²) < 4.78 is 24.7. The van der Waals surface area contributed by atoms with E-state index in [-0.39, 0.29) is 22.6 Å². The number of aliphatic hydroxyl groups is 1. The summed E-state index contributed by atoms with van der Waals surface area (Å²) in [6.45, 7) is 1.48. The van der Waals surface area contributed by atoms with E-state index >= 15 is 0 Å². The number of carbonyl (C=O) groups excluding carboxylic acids is 2. The van der Waals surface area contributed by atoms with Gasteiger partial charge in [0.2, 0.25) is 0 Å². The van der Waals surface area contributed by atoms with Gasteiger partial charge in [0.15, 0.2) is 9.84 Å². The molecule has 1 heterocycles. The maximum Gasteiger partial charge on any atom is 0.261 e. The van der Waals surface area contributed by atoms with Crippen molar-refractivity contribution in [2.75, 3.05) is 12.3 Å². The van der Waals surface area contributed by atoms with Gasteiger partial charge in [0, 0.05) is 0 Å². The van der Waals surface area contributed by atoms with E-state index in [4.69, 9.17) is 0 Å². The third-order valence-corrected chi connectivity index (χ3v) is 5.88. The Bertz CT molecular complexity index is 899. The van der Waals surface area contributed by atoms with E-state index in [9.17, 15) is 23.1 Å². The molecule has 0 bridgehead atoms. The van der Waals surface area contributed by atoms with E-state index in [1.54, 1.807) is 24.3 Å². The van der Waals surface area contributed by atoms with Crippen LogP contribution in [0.4, 0.5) is 0 Å². The van der Waals surface area contributed by atoms with Crippen LogP contribution in [-0.2, 0) is 9.84 Å². The molecule has 3 rings (SSSR count). The van der Waals surface area contributed by atoms with Crippen LogP contribution in [0.2, 0.25) is 0 Å². The largest absolute Gasteiger partial charge is 0.390 e. The van der Waals surface area contributed by atoms with Crippen LogP contribution in [0.15, 0.2) is 53.4 Å². The predicted octanol–water partition coefficient (Wildman–Crippen LogP) is 1.43. The molecular formula is C18H17NO5S. The Morgan fingerprint density at radius 2 is 1.48 bits per heavy atom. The van der Waals surface area contributed by atoms with Crippen LogP contribution >= 0.6 is 0 Å². The molecule has 2 aromatic carbocycles. The lowest BCUT2D eigenvalue weighted by Gasteiger charge is -2.18. The molecule has 1 unspecified atom stereocenters. The van der Waals surface area contributed by atoms with E-state index in [0.717, 1.165) is 10.5 Å². The van der Waals surface area contributed by atoms with Crippen LogP contribution < -0.4 is 0 Å². The standard InChI is InChI=1S/C18H17NO5S/c1-12-6-8-14(9-7-12)25(23,24)11-13(20)10-19-17(21)15-4-2-3-5-16(15)18(19)22/h2-9,13,20H,10-11H2,1H3. The smallest absolute Gasteiger partial charge is 0.261 e. The van der Waals surface area contributed by atoms with Crippen molar-refractivity contribution in [3.63, 3.8) is 0 Å². The number of nitrogens with zero attached hydrogens (tertiary/aromatic N) is 1. The molecule has 7 heteroatoms. The van der Waals surface area contributed by atoms with Gasteiger partial charge in [0.25, 0.3) is 11.8 Å². The first-order valence-corrected chi connectivity index (χ1v) is 9.37. The molecule has 0 fully saturated rings. The zero-order valence-electron chi connectivity index (χ0n) is 13.5. The monoisotopic (exact) mass is 359 g/mol. The summed E-state index contributed by atoms with van der Waals surface area (Å²) >= 11 is 0. The van der Waals surface area contributed by atoms with E-state index in [1.165, 1.54) is 24.3 Å². The number of sulfone groups is 1. The number of fused-ring (bicyclic) bond motifs is 1. The maximum atomic E-state index is 12.4. The van der Waals surface area contributed by atoms with Crippen molar-refractivity contribution in [1.29, 1.82) is 0 Å². The Balaban J connectivity index is 1.73. The van der Waals surface area contributed by atoms with E-state index in [0.29, 0.717) is 0 Å². The summed E-state index contributed by atoms with van der Waals surface area (Å²) in [7, 11) is -3.72. The number of hydrogen-bond acceptors (Lipinski definition) is 5. The molecule has 0 aliphatic carbocycles. The van der Waals surface area contributed by atoms with Gasteiger partial charge in [-0.1, -0.05) is 29.8 Å². The molecule has 0 saturated carbocycles. The number of carbonyl (C=O) groups is 2. The first kappa shape index (κ1) is 17.3. The minimum absolute atomic E-state index is 0.0968. The predicted molar refractivity (Wildman–Crippen MR) is 91.0 cm³/mol. The average molecular weight is 359 g/mol. The molecule has 1 atom stereocenters. The van der Waals surface area contributed by atoms with Gasteiger partial charge < -0.3 is 5.11 Å². The van der Waals surface area contributed by atoms with Gasteiger partial charge in [0.05, 0.1) is 34.4 Å². The second-order valence-corrected chi connectivity index (χ2v) is 8.05. The number of imide groups is 1. The highest BCUT2D eigenvalue weighted by atomic mass is 32.2. The highest BCUT2D eigenvalue weighted by Crippen LogP contribution is 2.23. The van der Waals surface area contributed by atoms with Gasteiger partial charge in [-0.25, -0.2) is 8.42 Å². The average Bonchev–Trinajstić information content (AvgIpc) is 2.80. The molecule has 130 valence electrons. The molecule has 1 aliphatic heterocycles. The first-order valence-electron chi connectivity index (χ1n) is 7.72.